The number of hydrogen-bond acceptors (Lipinski definition) is 3. The van der Waals surface area contributed by atoms with Crippen LogP contribution >= 0.6 is 0 Å². The average molecular weight is 330 g/mol. The van der Waals surface area contributed by atoms with Gasteiger partial charge in [0, 0.05) is 25.2 Å². The van der Waals surface area contributed by atoms with Crippen LogP contribution in [0.4, 0.5) is 0 Å². The number of amides is 1. The van der Waals surface area contributed by atoms with E-state index in [4.69, 9.17) is 4.42 Å². The fourth-order valence-corrected chi connectivity index (χ4v) is 4.70. The van der Waals surface area contributed by atoms with Crippen LogP contribution in [0.25, 0.3) is 0 Å². The summed E-state index contributed by atoms with van der Waals surface area (Å²) in [7, 11) is 0. The first-order chi connectivity index (χ1) is 11.8. The van der Waals surface area contributed by atoms with Crippen LogP contribution in [-0.4, -0.2) is 36.0 Å². The molecule has 132 valence electrons. The lowest BCUT2D eigenvalue weighted by molar-refractivity contribution is 0.0693. The SMILES string of the molecule is O=C(c1ccoc1)N1CCC(NC(C2CCCCC2)C2CC2)CC1. The number of carbonyl (C=O) groups is 1. The molecule has 0 spiro atoms. The van der Waals surface area contributed by atoms with Crippen molar-refractivity contribution in [2.24, 2.45) is 11.8 Å². The molecular weight excluding hydrogens is 300 g/mol. The predicted molar refractivity (Wildman–Crippen MR) is 93.9 cm³/mol. The second-order valence-corrected chi connectivity index (χ2v) is 8.01. The maximum absolute atomic E-state index is 12.4. The fourth-order valence-electron chi connectivity index (χ4n) is 4.70. The topological polar surface area (TPSA) is 45.5 Å². The molecule has 4 rings (SSSR count). The number of nitrogens with one attached hydrogen (secondary N) is 1. The highest BCUT2D eigenvalue weighted by Gasteiger charge is 2.38. The van der Waals surface area contributed by atoms with Crippen LogP contribution < -0.4 is 5.32 Å². The molecule has 0 aromatic carbocycles. The number of hydrogen-bond donors (Lipinski definition) is 1. The minimum absolute atomic E-state index is 0.119. The highest BCUT2D eigenvalue weighted by atomic mass is 16.3. The zero-order valence-electron chi connectivity index (χ0n) is 14.6. The first kappa shape index (κ1) is 16.2. The Hall–Kier alpha value is -1.29. The Morgan fingerprint density at radius 2 is 1.75 bits per heavy atom. The Kier molecular flexibility index (Phi) is 4.93. The molecule has 1 aliphatic heterocycles. The van der Waals surface area contributed by atoms with Crippen molar-refractivity contribution in [3.63, 3.8) is 0 Å². The minimum Gasteiger partial charge on any atom is -0.472 e. The molecule has 4 heteroatoms. The van der Waals surface area contributed by atoms with Gasteiger partial charge in [-0.2, -0.15) is 0 Å². The number of carbonyl (C=O) groups excluding carboxylic acids is 1. The molecule has 1 saturated heterocycles. The molecular formula is C20H30N2O2. The van der Waals surface area contributed by atoms with E-state index in [2.05, 4.69) is 5.32 Å². The average Bonchev–Trinajstić information content (AvgIpc) is 3.33. The van der Waals surface area contributed by atoms with Gasteiger partial charge >= 0.3 is 0 Å². The van der Waals surface area contributed by atoms with Crippen LogP contribution in [0.2, 0.25) is 0 Å². The lowest BCUT2D eigenvalue weighted by Crippen LogP contribution is -2.50. The molecule has 3 fully saturated rings. The maximum atomic E-state index is 12.4. The lowest BCUT2D eigenvalue weighted by Gasteiger charge is -2.38. The quantitative estimate of drug-likeness (QED) is 0.892. The third-order valence-corrected chi connectivity index (χ3v) is 6.27. The van der Waals surface area contributed by atoms with Gasteiger partial charge in [0.2, 0.25) is 0 Å². The van der Waals surface area contributed by atoms with Gasteiger partial charge in [0.1, 0.15) is 6.26 Å². The van der Waals surface area contributed by atoms with E-state index in [0.717, 1.165) is 43.8 Å². The van der Waals surface area contributed by atoms with Crippen molar-refractivity contribution in [2.45, 2.75) is 69.9 Å². The van der Waals surface area contributed by atoms with E-state index in [9.17, 15) is 4.79 Å². The van der Waals surface area contributed by atoms with E-state index in [1.165, 1.54) is 44.9 Å². The van der Waals surface area contributed by atoms with E-state index in [1.807, 2.05) is 4.90 Å². The van der Waals surface area contributed by atoms with Gasteiger partial charge in [-0.25, -0.2) is 0 Å². The summed E-state index contributed by atoms with van der Waals surface area (Å²) < 4.78 is 5.04. The Bertz CT molecular complexity index is 524. The van der Waals surface area contributed by atoms with Gasteiger partial charge in [0.25, 0.3) is 5.91 Å². The summed E-state index contributed by atoms with van der Waals surface area (Å²) in [6, 6.07) is 3.09. The monoisotopic (exact) mass is 330 g/mol. The van der Waals surface area contributed by atoms with Crippen LogP contribution in [-0.2, 0) is 0 Å². The Morgan fingerprint density at radius 3 is 2.38 bits per heavy atom. The van der Waals surface area contributed by atoms with Gasteiger partial charge in [-0.1, -0.05) is 19.3 Å². The first-order valence-electron chi connectivity index (χ1n) is 9.89. The highest BCUT2D eigenvalue weighted by Crippen LogP contribution is 2.40. The standard InChI is InChI=1S/C20H30N2O2/c23-20(17-10-13-24-14-17)22-11-8-18(9-12-22)21-19(16-6-7-16)15-4-2-1-3-5-15/h10,13-16,18-19,21H,1-9,11-12H2. The molecule has 2 heterocycles. The van der Waals surface area contributed by atoms with Crippen molar-refractivity contribution in [1.82, 2.24) is 10.2 Å². The molecule has 2 aliphatic carbocycles. The molecule has 1 aromatic heterocycles. The van der Waals surface area contributed by atoms with Gasteiger partial charge in [-0.05, 0) is 56.4 Å². The van der Waals surface area contributed by atoms with Gasteiger partial charge in [0.15, 0.2) is 0 Å². The number of piperidine rings is 1. The van der Waals surface area contributed by atoms with E-state index >= 15 is 0 Å². The third-order valence-electron chi connectivity index (χ3n) is 6.27. The van der Waals surface area contributed by atoms with E-state index in [1.54, 1.807) is 18.6 Å². The smallest absolute Gasteiger partial charge is 0.257 e. The van der Waals surface area contributed by atoms with E-state index in [-0.39, 0.29) is 5.91 Å². The summed E-state index contributed by atoms with van der Waals surface area (Å²) >= 11 is 0. The predicted octanol–water partition coefficient (Wildman–Crippen LogP) is 3.83. The normalized spacial score (nSPS) is 24.9. The molecule has 4 nitrogen and oxygen atoms in total. The van der Waals surface area contributed by atoms with E-state index in [0.29, 0.717) is 11.6 Å². The second kappa shape index (κ2) is 7.30. The molecule has 1 aromatic rings. The fraction of sp³-hybridized carbons (Fsp3) is 0.750. The number of nitrogens with zero attached hydrogens (tertiary/aromatic N) is 1. The van der Waals surface area contributed by atoms with Gasteiger partial charge in [-0.15, -0.1) is 0 Å². The van der Waals surface area contributed by atoms with Crippen molar-refractivity contribution in [3.8, 4) is 0 Å². The zero-order chi connectivity index (χ0) is 16.4. The van der Waals surface area contributed by atoms with Crippen molar-refractivity contribution in [3.05, 3.63) is 24.2 Å². The molecule has 3 aliphatic rings. The van der Waals surface area contributed by atoms with Crippen molar-refractivity contribution in [1.29, 1.82) is 0 Å². The number of furan rings is 1. The Labute approximate surface area is 145 Å². The summed E-state index contributed by atoms with van der Waals surface area (Å²) in [5.41, 5.74) is 0.680. The van der Waals surface area contributed by atoms with Crippen LogP contribution in [0.5, 0.6) is 0 Å². The summed E-state index contributed by atoms with van der Waals surface area (Å²) in [4.78, 5) is 14.4. The molecule has 1 amide bonds. The van der Waals surface area contributed by atoms with Crippen LogP contribution in [0.15, 0.2) is 23.0 Å². The maximum Gasteiger partial charge on any atom is 0.257 e. The Morgan fingerprint density at radius 1 is 1.04 bits per heavy atom. The molecule has 2 saturated carbocycles. The van der Waals surface area contributed by atoms with Crippen molar-refractivity contribution in [2.75, 3.05) is 13.1 Å². The van der Waals surface area contributed by atoms with Crippen LogP contribution in [0, 0.1) is 11.8 Å². The largest absolute Gasteiger partial charge is 0.472 e. The van der Waals surface area contributed by atoms with Crippen LogP contribution in [0.1, 0.15) is 68.1 Å². The second-order valence-electron chi connectivity index (χ2n) is 8.01. The minimum atomic E-state index is 0.119. The summed E-state index contributed by atoms with van der Waals surface area (Å²) in [6.45, 7) is 1.73. The lowest BCUT2D eigenvalue weighted by atomic mass is 9.81. The van der Waals surface area contributed by atoms with Crippen molar-refractivity contribution < 1.29 is 9.21 Å². The summed E-state index contributed by atoms with van der Waals surface area (Å²) in [5, 5.41) is 4.03. The van der Waals surface area contributed by atoms with Crippen molar-refractivity contribution >= 4 is 5.91 Å². The molecule has 24 heavy (non-hydrogen) atoms. The van der Waals surface area contributed by atoms with E-state index < -0.39 is 0 Å². The molecule has 1 atom stereocenters. The summed E-state index contributed by atoms with van der Waals surface area (Å²) in [6.07, 6.45) is 15.3. The number of likely N-dealkylation sites (tertiary alicyclic amines) is 1. The van der Waals surface area contributed by atoms with Gasteiger partial charge < -0.3 is 14.6 Å². The first-order valence-corrected chi connectivity index (χ1v) is 9.89. The molecule has 0 bridgehead atoms. The number of rotatable bonds is 5. The van der Waals surface area contributed by atoms with Crippen LogP contribution in [0.3, 0.4) is 0 Å². The zero-order valence-corrected chi connectivity index (χ0v) is 14.6. The van der Waals surface area contributed by atoms with Gasteiger partial charge in [-0.3, -0.25) is 4.79 Å². The molecule has 1 N–H and O–H groups in total. The summed E-state index contributed by atoms with van der Waals surface area (Å²) in [5.74, 6) is 1.95. The highest BCUT2D eigenvalue weighted by molar-refractivity contribution is 5.93. The van der Waals surface area contributed by atoms with Gasteiger partial charge in [0.05, 0.1) is 11.8 Å². The third kappa shape index (κ3) is 3.69. The molecule has 1 unspecified atom stereocenters. The molecule has 0 radical (unpaired) electrons. The Balaban J connectivity index is 1.29.